The first kappa shape index (κ1) is 18.1. The van der Waals surface area contributed by atoms with Crippen LogP contribution in [0.3, 0.4) is 0 Å². The Balaban J connectivity index is 2.90. The number of aliphatic carboxylic acids is 1. The minimum atomic E-state index is -4.39. The van der Waals surface area contributed by atoms with Crippen molar-refractivity contribution in [3.63, 3.8) is 0 Å². The lowest BCUT2D eigenvalue weighted by atomic mass is 10.1. The highest BCUT2D eigenvalue weighted by molar-refractivity contribution is 7.85. The largest absolute Gasteiger partial charge is 0.480 e. The van der Waals surface area contributed by atoms with Gasteiger partial charge in [0.25, 0.3) is 10.1 Å². The fourth-order valence-corrected chi connectivity index (χ4v) is 2.60. The summed E-state index contributed by atoms with van der Waals surface area (Å²) in [5.41, 5.74) is 6.49. The second kappa shape index (κ2) is 6.86. The van der Waals surface area contributed by atoms with E-state index in [0.717, 1.165) is 6.07 Å². The van der Waals surface area contributed by atoms with Gasteiger partial charge < -0.3 is 16.2 Å². The molecule has 0 fully saturated rings. The van der Waals surface area contributed by atoms with Crippen LogP contribution in [-0.4, -0.2) is 36.0 Å². The number of carbonyl (C=O) groups is 2. The van der Waals surface area contributed by atoms with E-state index in [-0.39, 0.29) is 23.4 Å². The van der Waals surface area contributed by atoms with E-state index < -0.39 is 28.0 Å². The molecule has 1 unspecified atom stereocenters. The average Bonchev–Trinajstić information content (AvgIpc) is 2.37. The molecule has 5 N–H and O–H groups in total. The van der Waals surface area contributed by atoms with Crippen LogP contribution in [0.4, 0.5) is 5.69 Å². The van der Waals surface area contributed by atoms with Crippen LogP contribution in [0, 0.1) is 13.8 Å². The monoisotopic (exact) mass is 330 g/mol. The topological polar surface area (TPSA) is 147 Å². The summed E-state index contributed by atoms with van der Waals surface area (Å²) in [7, 11) is -4.39. The second-order valence-electron chi connectivity index (χ2n) is 4.94. The van der Waals surface area contributed by atoms with Crippen molar-refractivity contribution >= 4 is 27.7 Å². The fraction of sp³-hybridized carbons (Fsp3) is 0.385. The van der Waals surface area contributed by atoms with E-state index >= 15 is 0 Å². The molecule has 0 heterocycles. The highest BCUT2D eigenvalue weighted by Crippen LogP contribution is 2.24. The van der Waals surface area contributed by atoms with Gasteiger partial charge in [-0.3, -0.25) is 14.1 Å². The number of carboxylic acid groups (broad SMARTS) is 1. The molecule has 0 aliphatic rings. The van der Waals surface area contributed by atoms with E-state index in [2.05, 4.69) is 5.32 Å². The molecule has 1 aromatic rings. The molecular weight excluding hydrogens is 312 g/mol. The molecule has 1 atom stereocenters. The Bertz CT molecular complexity index is 699. The first-order valence-electron chi connectivity index (χ1n) is 6.39. The fourth-order valence-electron chi connectivity index (χ4n) is 1.87. The normalized spacial score (nSPS) is 12.7. The molecule has 9 heteroatoms. The molecule has 0 saturated carbocycles. The molecule has 1 aromatic carbocycles. The van der Waals surface area contributed by atoms with Gasteiger partial charge in [-0.1, -0.05) is 6.07 Å². The van der Waals surface area contributed by atoms with Gasteiger partial charge in [-0.05, 0) is 37.5 Å². The Kier molecular flexibility index (Phi) is 5.64. The molecule has 1 rings (SSSR count). The molecule has 0 aliphatic carbocycles. The summed E-state index contributed by atoms with van der Waals surface area (Å²) in [5, 5.41) is 11.1. The number of carboxylic acids is 1. The minimum Gasteiger partial charge on any atom is -0.480 e. The van der Waals surface area contributed by atoms with Crippen molar-refractivity contribution in [2.45, 2.75) is 37.6 Å². The molecule has 0 bridgehead atoms. The SMILES string of the molecule is Cc1cc(C)c(S(=O)(=O)O)cc1NC(=O)CCC(N)C(=O)O. The first-order chi connectivity index (χ1) is 10.0. The van der Waals surface area contributed by atoms with Gasteiger partial charge in [0, 0.05) is 12.1 Å². The molecule has 122 valence electrons. The third-order valence-corrected chi connectivity index (χ3v) is 4.07. The number of benzene rings is 1. The number of nitrogens with one attached hydrogen (secondary N) is 1. The second-order valence-corrected chi connectivity index (χ2v) is 6.33. The van der Waals surface area contributed by atoms with Gasteiger partial charge in [0.2, 0.25) is 5.91 Å². The summed E-state index contributed by atoms with van der Waals surface area (Å²) in [6, 6.07) is 1.54. The number of aryl methyl sites for hydroxylation is 2. The zero-order valence-electron chi connectivity index (χ0n) is 12.2. The average molecular weight is 330 g/mol. The number of hydrogen-bond acceptors (Lipinski definition) is 5. The quantitative estimate of drug-likeness (QED) is 0.561. The molecule has 0 spiro atoms. The summed E-state index contributed by atoms with van der Waals surface area (Å²) in [6.07, 6.45) is -0.167. The van der Waals surface area contributed by atoms with Crippen molar-refractivity contribution in [3.05, 3.63) is 23.3 Å². The van der Waals surface area contributed by atoms with Crippen LogP contribution < -0.4 is 11.1 Å². The minimum absolute atomic E-state index is 0.0444. The van der Waals surface area contributed by atoms with E-state index in [1.165, 1.54) is 13.0 Å². The maximum atomic E-state index is 11.8. The molecule has 1 amide bonds. The number of rotatable bonds is 6. The lowest BCUT2D eigenvalue weighted by Gasteiger charge is -2.12. The molecule has 22 heavy (non-hydrogen) atoms. The van der Waals surface area contributed by atoms with E-state index in [1.54, 1.807) is 6.92 Å². The smallest absolute Gasteiger partial charge is 0.320 e. The van der Waals surface area contributed by atoms with Crippen molar-refractivity contribution in [2.24, 2.45) is 5.73 Å². The Morgan fingerprint density at radius 1 is 1.27 bits per heavy atom. The predicted molar refractivity (Wildman–Crippen MR) is 79.2 cm³/mol. The summed E-state index contributed by atoms with van der Waals surface area (Å²) >= 11 is 0. The molecule has 0 aliphatic heterocycles. The number of nitrogens with two attached hydrogens (primary N) is 1. The van der Waals surface area contributed by atoms with Crippen LogP contribution in [0.5, 0.6) is 0 Å². The van der Waals surface area contributed by atoms with E-state index in [9.17, 15) is 18.0 Å². The Morgan fingerprint density at radius 3 is 2.36 bits per heavy atom. The summed E-state index contributed by atoms with van der Waals surface area (Å²) in [5.74, 6) is -1.70. The molecule has 0 aromatic heterocycles. The maximum Gasteiger partial charge on any atom is 0.320 e. The molecule has 0 radical (unpaired) electrons. The highest BCUT2D eigenvalue weighted by Gasteiger charge is 2.17. The van der Waals surface area contributed by atoms with Gasteiger partial charge in [0.1, 0.15) is 6.04 Å². The summed E-state index contributed by atoms with van der Waals surface area (Å²) in [6.45, 7) is 3.19. The lowest BCUT2D eigenvalue weighted by molar-refractivity contribution is -0.138. The Labute approximate surface area is 128 Å². The predicted octanol–water partition coefficient (Wildman–Crippen LogP) is 0.681. The van der Waals surface area contributed by atoms with E-state index in [4.69, 9.17) is 15.4 Å². The van der Waals surface area contributed by atoms with Crippen LogP contribution in [-0.2, 0) is 19.7 Å². The standard InChI is InChI=1S/C13H18N2O6S/c1-7-5-8(2)11(22(19,20)21)6-10(7)15-12(16)4-3-9(14)13(17)18/h5-6,9H,3-4,14H2,1-2H3,(H,15,16)(H,17,18)(H,19,20,21). The molecule has 0 saturated heterocycles. The van der Waals surface area contributed by atoms with E-state index in [0.29, 0.717) is 11.1 Å². The first-order valence-corrected chi connectivity index (χ1v) is 7.83. The van der Waals surface area contributed by atoms with Crippen molar-refractivity contribution in [1.82, 2.24) is 0 Å². The van der Waals surface area contributed by atoms with Gasteiger partial charge in [-0.15, -0.1) is 0 Å². The summed E-state index contributed by atoms with van der Waals surface area (Å²) in [4.78, 5) is 22.0. The Hall–Kier alpha value is -1.97. The van der Waals surface area contributed by atoms with Crippen molar-refractivity contribution in [1.29, 1.82) is 0 Å². The maximum absolute atomic E-state index is 11.8. The summed E-state index contributed by atoms with van der Waals surface area (Å²) < 4.78 is 31.6. The van der Waals surface area contributed by atoms with Gasteiger partial charge in [0.05, 0.1) is 4.90 Å². The van der Waals surface area contributed by atoms with Crippen LogP contribution >= 0.6 is 0 Å². The van der Waals surface area contributed by atoms with Crippen LogP contribution in [0.15, 0.2) is 17.0 Å². The van der Waals surface area contributed by atoms with Gasteiger partial charge in [-0.25, -0.2) is 0 Å². The van der Waals surface area contributed by atoms with Gasteiger partial charge in [0.15, 0.2) is 0 Å². The van der Waals surface area contributed by atoms with Crippen LogP contribution in [0.1, 0.15) is 24.0 Å². The number of amides is 1. The van der Waals surface area contributed by atoms with Crippen LogP contribution in [0.2, 0.25) is 0 Å². The van der Waals surface area contributed by atoms with Crippen molar-refractivity contribution < 1.29 is 27.7 Å². The zero-order valence-corrected chi connectivity index (χ0v) is 13.0. The molecular formula is C13H18N2O6S. The number of carbonyl (C=O) groups excluding carboxylic acids is 1. The van der Waals surface area contributed by atoms with Gasteiger partial charge in [-0.2, -0.15) is 8.42 Å². The third-order valence-electron chi connectivity index (χ3n) is 3.07. The van der Waals surface area contributed by atoms with Crippen molar-refractivity contribution in [2.75, 3.05) is 5.32 Å². The Morgan fingerprint density at radius 2 is 1.86 bits per heavy atom. The molecule has 8 nitrogen and oxygen atoms in total. The number of anilines is 1. The van der Waals surface area contributed by atoms with E-state index in [1.807, 2.05) is 0 Å². The number of hydrogen-bond donors (Lipinski definition) is 4. The van der Waals surface area contributed by atoms with Crippen molar-refractivity contribution in [3.8, 4) is 0 Å². The lowest BCUT2D eigenvalue weighted by Crippen LogP contribution is -2.31. The zero-order chi connectivity index (χ0) is 17.1. The van der Waals surface area contributed by atoms with Crippen LogP contribution in [0.25, 0.3) is 0 Å². The third kappa shape index (κ3) is 4.79. The van der Waals surface area contributed by atoms with Gasteiger partial charge >= 0.3 is 5.97 Å². The highest BCUT2D eigenvalue weighted by atomic mass is 32.2.